The van der Waals surface area contributed by atoms with Gasteiger partial charge in [-0.1, -0.05) is 12.1 Å². The first kappa shape index (κ1) is 22.6. The van der Waals surface area contributed by atoms with Gasteiger partial charge < -0.3 is 24.6 Å². The number of morpholine rings is 1. The Bertz CT molecular complexity index is 697. The minimum absolute atomic E-state index is 0.0804. The number of nitrogens with one attached hydrogen (secondary N) is 1. The van der Waals surface area contributed by atoms with Gasteiger partial charge in [-0.25, -0.2) is 4.99 Å². The SMILES string of the molecule is CCNC(=NCc1ccc(C(=O)N(CC)CC)cc1)N1CCOC(C2CCCO2)C1. The van der Waals surface area contributed by atoms with Crippen molar-refractivity contribution in [3.8, 4) is 0 Å². The second-order valence-electron chi connectivity index (χ2n) is 7.75. The summed E-state index contributed by atoms with van der Waals surface area (Å²) in [4.78, 5) is 21.4. The first-order valence-corrected chi connectivity index (χ1v) is 11.3. The Morgan fingerprint density at radius 1 is 1.13 bits per heavy atom. The van der Waals surface area contributed by atoms with Gasteiger partial charge in [0, 0.05) is 44.9 Å². The van der Waals surface area contributed by atoms with Crippen LogP contribution in [0.5, 0.6) is 0 Å². The molecule has 0 spiro atoms. The van der Waals surface area contributed by atoms with Crippen LogP contribution in [-0.4, -0.2) is 79.8 Å². The van der Waals surface area contributed by atoms with Crippen LogP contribution in [-0.2, 0) is 16.0 Å². The van der Waals surface area contributed by atoms with Crippen LogP contribution in [0.2, 0.25) is 0 Å². The van der Waals surface area contributed by atoms with Crippen molar-refractivity contribution < 1.29 is 14.3 Å². The van der Waals surface area contributed by atoms with E-state index >= 15 is 0 Å². The molecular formula is C23H36N4O3. The average molecular weight is 417 g/mol. The second-order valence-corrected chi connectivity index (χ2v) is 7.75. The van der Waals surface area contributed by atoms with E-state index in [0.29, 0.717) is 13.2 Å². The van der Waals surface area contributed by atoms with Crippen molar-refractivity contribution in [2.24, 2.45) is 4.99 Å². The van der Waals surface area contributed by atoms with E-state index in [9.17, 15) is 4.79 Å². The molecule has 1 amide bonds. The molecular weight excluding hydrogens is 380 g/mol. The van der Waals surface area contributed by atoms with Crippen molar-refractivity contribution in [3.05, 3.63) is 35.4 Å². The molecule has 2 aliphatic heterocycles. The molecule has 166 valence electrons. The smallest absolute Gasteiger partial charge is 0.253 e. The first-order valence-electron chi connectivity index (χ1n) is 11.3. The molecule has 1 aromatic rings. The highest BCUT2D eigenvalue weighted by Gasteiger charge is 2.32. The summed E-state index contributed by atoms with van der Waals surface area (Å²) in [6, 6.07) is 7.80. The maximum absolute atomic E-state index is 12.5. The number of rotatable bonds is 7. The summed E-state index contributed by atoms with van der Waals surface area (Å²) in [5.74, 6) is 0.990. The van der Waals surface area contributed by atoms with Crippen molar-refractivity contribution in [2.75, 3.05) is 45.9 Å². The molecule has 0 aliphatic carbocycles. The summed E-state index contributed by atoms with van der Waals surface area (Å²) in [6.07, 6.45) is 2.50. The van der Waals surface area contributed by atoms with Crippen LogP contribution in [0, 0.1) is 0 Å². The summed E-state index contributed by atoms with van der Waals surface area (Å²) in [6.45, 7) is 12.1. The van der Waals surface area contributed by atoms with Gasteiger partial charge in [0.05, 0.1) is 19.3 Å². The third kappa shape index (κ3) is 5.73. The minimum atomic E-state index is 0.0804. The molecule has 3 rings (SSSR count). The standard InChI is InChI=1S/C23H36N4O3/c1-4-24-23(27-13-15-30-21(17-27)20-8-7-14-29-20)25-16-18-9-11-19(12-10-18)22(28)26(5-2)6-3/h9-12,20-21H,4-8,13-17H2,1-3H3,(H,24,25). The fraction of sp³-hybridized carbons (Fsp3) is 0.652. The van der Waals surface area contributed by atoms with Gasteiger partial charge in [-0.15, -0.1) is 0 Å². The topological polar surface area (TPSA) is 66.4 Å². The zero-order chi connectivity index (χ0) is 21.3. The Hall–Kier alpha value is -2.12. The maximum Gasteiger partial charge on any atom is 0.253 e. The highest BCUT2D eigenvalue weighted by atomic mass is 16.5. The molecule has 0 saturated carbocycles. The van der Waals surface area contributed by atoms with Crippen LogP contribution >= 0.6 is 0 Å². The van der Waals surface area contributed by atoms with Crippen LogP contribution < -0.4 is 5.32 Å². The Balaban J connectivity index is 1.63. The highest BCUT2D eigenvalue weighted by Crippen LogP contribution is 2.21. The number of guanidine groups is 1. The van der Waals surface area contributed by atoms with Crippen molar-refractivity contribution >= 4 is 11.9 Å². The van der Waals surface area contributed by atoms with Crippen LogP contribution in [0.25, 0.3) is 0 Å². The number of ether oxygens (including phenoxy) is 2. The van der Waals surface area contributed by atoms with Gasteiger partial charge in [-0.05, 0) is 51.3 Å². The van der Waals surface area contributed by atoms with Crippen molar-refractivity contribution in [2.45, 2.75) is 52.4 Å². The van der Waals surface area contributed by atoms with Gasteiger partial charge in [0.15, 0.2) is 5.96 Å². The van der Waals surface area contributed by atoms with Crippen LogP contribution in [0.3, 0.4) is 0 Å². The van der Waals surface area contributed by atoms with Crippen molar-refractivity contribution in [3.63, 3.8) is 0 Å². The predicted molar refractivity (Wildman–Crippen MR) is 119 cm³/mol. The van der Waals surface area contributed by atoms with Gasteiger partial charge >= 0.3 is 0 Å². The molecule has 2 heterocycles. The average Bonchev–Trinajstić information content (AvgIpc) is 3.33. The van der Waals surface area contributed by atoms with E-state index < -0.39 is 0 Å². The van der Waals surface area contributed by atoms with Gasteiger partial charge in [-0.2, -0.15) is 0 Å². The number of carbonyl (C=O) groups is 1. The Morgan fingerprint density at radius 2 is 1.87 bits per heavy atom. The minimum Gasteiger partial charge on any atom is -0.375 e. The lowest BCUT2D eigenvalue weighted by atomic mass is 10.1. The van der Waals surface area contributed by atoms with Crippen molar-refractivity contribution in [1.82, 2.24) is 15.1 Å². The number of hydrogen-bond donors (Lipinski definition) is 1. The Labute approximate surface area is 180 Å². The monoisotopic (exact) mass is 416 g/mol. The lowest BCUT2D eigenvalue weighted by Crippen LogP contribution is -2.53. The molecule has 2 saturated heterocycles. The number of aliphatic imine (C=N–C) groups is 1. The molecule has 7 heteroatoms. The Morgan fingerprint density at radius 3 is 2.50 bits per heavy atom. The summed E-state index contributed by atoms with van der Waals surface area (Å²) < 4.78 is 11.8. The second kappa shape index (κ2) is 11.3. The van der Waals surface area contributed by atoms with Gasteiger partial charge in [0.1, 0.15) is 6.10 Å². The van der Waals surface area contributed by atoms with E-state index in [2.05, 4.69) is 17.1 Å². The summed E-state index contributed by atoms with van der Waals surface area (Å²) >= 11 is 0. The normalized spacial score (nSPS) is 22.2. The molecule has 7 nitrogen and oxygen atoms in total. The number of benzene rings is 1. The van der Waals surface area contributed by atoms with E-state index in [1.165, 1.54) is 0 Å². The Kier molecular flexibility index (Phi) is 8.51. The molecule has 2 atom stereocenters. The zero-order valence-electron chi connectivity index (χ0n) is 18.6. The van der Waals surface area contributed by atoms with Crippen LogP contribution in [0.4, 0.5) is 0 Å². The lowest BCUT2D eigenvalue weighted by molar-refractivity contribution is -0.0817. The molecule has 2 fully saturated rings. The molecule has 0 aromatic heterocycles. The molecule has 1 aromatic carbocycles. The lowest BCUT2D eigenvalue weighted by Gasteiger charge is -2.37. The van der Waals surface area contributed by atoms with E-state index in [-0.39, 0.29) is 18.1 Å². The van der Waals surface area contributed by atoms with Gasteiger partial charge in [0.25, 0.3) is 5.91 Å². The zero-order valence-corrected chi connectivity index (χ0v) is 18.6. The number of hydrogen-bond acceptors (Lipinski definition) is 4. The molecule has 2 unspecified atom stereocenters. The summed E-state index contributed by atoms with van der Waals surface area (Å²) in [5, 5.41) is 3.41. The largest absolute Gasteiger partial charge is 0.375 e. The predicted octanol–water partition coefficient (Wildman–Crippen LogP) is 2.51. The number of carbonyl (C=O) groups excluding carboxylic acids is 1. The number of nitrogens with zero attached hydrogens (tertiary/aromatic N) is 3. The molecule has 1 N–H and O–H groups in total. The molecule has 30 heavy (non-hydrogen) atoms. The molecule has 0 radical (unpaired) electrons. The quantitative estimate of drug-likeness (QED) is 0.547. The third-order valence-corrected chi connectivity index (χ3v) is 5.77. The van der Waals surface area contributed by atoms with Gasteiger partial charge in [-0.3, -0.25) is 4.79 Å². The molecule has 0 bridgehead atoms. The van der Waals surface area contributed by atoms with E-state index in [1.54, 1.807) is 0 Å². The third-order valence-electron chi connectivity index (χ3n) is 5.77. The number of amides is 1. The van der Waals surface area contributed by atoms with E-state index in [0.717, 1.165) is 69.3 Å². The summed E-state index contributed by atoms with van der Waals surface area (Å²) in [7, 11) is 0. The van der Waals surface area contributed by atoms with Crippen LogP contribution in [0.15, 0.2) is 29.3 Å². The maximum atomic E-state index is 12.5. The summed E-state index contributed by atoms with van der Waals surface area (Å²) in [5.41, 5.74) is 1.82. The highest BCUT2D eigenvalue weighted by molar-refractivity contribution is 5.94. The molecule has 2 aliphatic rings. The van der Waals surface area contributed by atoms with Crippen LogP contribution in [0.1, 0.15) is 49.5 Å². The van der Waals surface area contributed by atoms with Gasteiger partial charge in [0.2, 0.25) is 0 Å². The fourth-order valence-electron chi connectivity index (χ4n) is 4.03. The first-order chi connectivity index (χ1) is 14.7. The van der Waals surface area contributed by atoms with E-state index in [1.807, 2.05) is 43.0 Å². The fourth-order valence-corrected chi connectivity index (χ4v) is 4.03. The van der Waals surface area contributed by atoms with E-state index in [4.69, 9.17) is 14.5 Å². The van der Waals surface area contributed by atoms with Crippen molar-refractivity contribution in [1.29, 1.82) is 0 Å².